The molecule has 25 heavy (non-hydrogen) atoms. The van der Waals surface area contributed by atoms with Gasteiger partial charge in [-0.25, -0.2) is 4.98 Å². The zero-order chi connectivity index (χ0) is 18.6. The van der Waals surface area contributed by atoms with Gasteiger partial charge in [0.2, 0.25) is 5.82 Å². The molecule has 0 aliphatic carbocycles. The van der Waals surface area contributed by atoms with Crippen LogP contribution in [0.15, 0.2) is 41.0 Å². The number of halogens is 4. The van der Waals surface area contributed by atoms with Crippen molar-refractivity contribution >= 4 is 27.4 Å². The topological polar surface area (TPSA) is 68.1 Å². The molecule has 2 rings (SSSR count). The van der Waals surface area contributed by atoms with Gasteiger partial charge in [-0.05, 0) is 40.0 Å². The molecule has 0 fully saturated rings. The molecule has 9 heteroatoms. The third-order valence-corrected chi connectivity index (χ3v) is 4.01. The van der Waals surface area contributed by atoms with Gasteiger partial charge in [0.15, 0.2) is 0 Å². The normalized spacial score (nSPS) is 12.7. The summed E-state index contributed by atoms with van der Waals surface area (Å²) in [5, 5.41) is 14.0. The minimum absolute atomic E-state index is 0.0351. The predicted octanol–water partition coefficient (Wildman–Crippen LogP) is 5.72. The standard InChI is InChI=1S/C16H15BrF3N3O2/c1-2-5-12(10-6-3-4-7-11(10)16(18,19)20)21-15-13(23(24)25)8-9-14(17)22-15/h3-4,6-9,12H,2,5H2,1H3,(H,21,22). The Morgan fingerprint density at radius 3 is 2.56 bits per heavy atom. The molecule has 0 amide bonds. The van der Waals surface area contributed by atoms with Crippen LogP contribution in [0.2, 0.25) is 0 Å². The minimum Gasteiger partial charge on any atom is -0.357 e. The molecule has 0 saturated heterocycles. The summed E-state index contributed by atoms with van der Waals surface area (Å²) in [4.78, 5) is 14.6. The van der Waals surface area contributed by atoms with Crippen LogP contribution < -0.4 is 5.32 Å². The highest BCUT2D eigenvalue weighted by Gasteiger charge is 2.35. The molecule has 0 aliphatic rings. The Labute approximate surface area is 150 Å². The van der Waals surface area contributed by atoms with Crippen molar-refractivity contribution in [3.63, 3.8) is 0 Å². The Bertz CT molecular complexity index is 769. The summed E-state index contributed by atoms with van der Waals surface area (Å²) in [5.41, 5.74) is -1.03. The molecule has 1 unspecified atom stereocenters. The summed E-state index contributed by atoms with van der Waals surface area (Å²) in [6, 6.07) is 7.10. The van der Waals surface area contributed by atoms with Gasteiger partial charge in [-0.1, -0.05) is 31.5 Å². The molecule has 0 radical (unpaired) electrons. The number of nitrogens with zero attached hydrogens (tertiary/aromatic N) is 2. The maximum atomic E-state index is 13.3. The van der Waals surface area contributed by atoms with Gasteiger partial charge in [0.05, 0.1) is 16.5 Å². The number of alkyl halides is 3. The van der Waals surface area contributed by atoms with Crippen molar-refractivity contribution in [1.29, 1.82) is 0 Å². The number of aromatic nitrogens is 1. The third-order valence-electron chi connectivity index (χ3n) is 3.57. The second-order valence-corrected chi connectivity index (χ2v) is 6.14. The number of hydrogen-bond donors (Lipinski definition) is 1. The van der Waals surface area contributed by atoms with Gasteiger partial charge in [-0.3, -0.25) is 10.1 Å². The largest absolute Gasteiger partial charge is 0.416 e. The van der Waals surface area contributed by atoms with Crippen LogP contribution in [0.3, 0.4) is 0 Å². The highest BCUT2D eigenvalue weighted by molar-refractivity contribution is 9.10. The summed E-state index contributed by atoms with van der Waals surface area (Å²) in [7, 11) is 0. The van der Waals surface area contributed by atoms with Crippen LogP contribution in [0.25, 0.3) is 0 Å². The first-order valence-corrected chi connectivity index (χ1v) is 8.27. The number of anilines is 1. The van der Waals surface area contributed by atoms with Crippen LogP contribution in [-0.2, 0) is 6.18 Å². The van der Waals surface area contributed by atoms with Crippen LogP contribution in [0.5, 0.6) is 0 Å². The molecular formula is C16H15BrF3N3O2. The molecule has 5 nitrogen and oxygen atoms in total. The molecule has 1 aromatic heterocycles. The number of benzene rings is 1. The highest BCUT2D eigenvalue weighted by atomic mass is 79.9. The Morgan fingerprint density at radius 1 is 1.28 bits per heavy atom. The van der Waals surface area contributed by atoms with E-state index in [1.54, 1.807) is 0 Å². The van der Waals surface area contributed by atoms with Crippen molar-refractivity contribution < 1.29 is 18.1 Å². The van der Waals surface area contributed by atoms with Crippen LogP contribution in [-0.4, -0.2) is 9.91 Å². The van der Waals surface area contributed by atoms with Crippen LogP contribution in [0.1, 0.15) is 36.9 Å². The summed E-state index contributed by atoms with van der Waals surface area (Å²) in [5.74, 6) is -0.0743. The first kappa shape index (κ1) is 19.2. The first-order chi connectivity index (χ1) is 11.7. The van der Waals surface area contributed by atoms with Gasteiger partial charge >= 0.3 is 11.9 Å². The fourth-order valence-corrected chi connectivity index (χ4v) is 2.81. The van der Waals surface area contributed by atoms with E-state index in [-0.39, 0.29) is 17.1 Å². The number of nitrogens with one attached hydrogen (secondary N) is 1. The van der Waals surface area contributed by atoms with E-state index in [9.17, 15) is 23.3 Å². The molecule has 0 saturated carbocycles. The molecule has 2 aromatic rings. The summed E-state index contributed by atoms with van der Waals surface area (Å²) in [6.07, 6.45) is -3.56. The van der Waals surface area contributed by atoms with Crippen molar-refractivity contribution in [2.24, 2.45) is 0 Å². The number of pyridine rings is 1. The highest BCUT2D eigenvalue weighted by Crippen LogP contribution is 2.38. The molecular weight excluding hydrogens is 403 g/mol. The SMILES string of the molecule is CCCC(Nc1nc(Br)ccc1[N+](=O)[O-])c1ccccc1C(F)(F)F. The number of nitro groups is 1. The van der Waals surface area contributed by atoms with Gasteiger partial charge in [0.1, 0.15) is 4.60 Å². The molecule has 1 N–H and O–H groups in total. The van der Waals surface area contributed by atoms with Crippen molar-refractivity contribution in [2.75, 3.05) is 5.32 Å². The third kappa shape index (κ3) is 4.68. The van der Waals surface area contributed by atoms with E-state index in [2.05, 4.69) is 26.2 Å². The average Bonchev–Trinajstić information content (AvgIpc) is 2.53. The van der Waals surface area contributed by atoms with E-state index in [0.29, 0.717) is 17.4 Å². The van der Waals surface area contributed by atoms with Crippen molar-refractivity contribution in [1.82, 2.24) is 4.98 Å². The fourth-order valence-electron chi connectivity index (χ4n) is 2.50. The zero-order valence-electron chi connectivity index (χ0n) is 13.2. The zero-order valence-corrected chi connectivity index (χ0v) is 14.8. The minimum atomic E-state index is -4.51. The smallest absolute Gasteiger partial charge is 0.357 e. The monoisotopic (exact) mass is 417 g/mol. The van der Waals surface area contributed by atoms with E-state index in [1.165, 1.54) is 30.3 Å². The lowest BCUT2D eigenvalue weighted by Gasteiger charge is -2.23. The predicted molar refractivity (Wildman–Crippen MR) is 91.3 cm³/mol. The van der Waals surface area contributed by atoms with Crippen molar-refractivity contribution in [2.45, 2.75) is 32.0 Å². The summed E-state index contributed by atoms with van der Waals surface area (Å²) < 4.78 is 40.2. The van der Waals surface area contributed by atoms with Gasteiger partial charge in [0.25, 0.3) is 0 Å². The number of hydrogen-bond acceptors (Lipinski definition) is 4. The number of rotatable bonds is 6. The van der Waals surface area contributed by atoms with E-state index < -0.39 is 22.7 Å². The van der Waals surface area contributed by atoms with Crippen molar-refractivity contribution in [3.8, 4) is 0 Å². The Kier molecular flexibility index (Phi) is 5.99. The Balaban J connectivity index is 2.48. The molecule has 0 aliphatic heterocycles. The van der Waals surface area contributed by atoms with Crippen LogP contribution >= 0.6 is 15.9 Å². The van der Waals surface area contributed by atoms with Gasteiger partial charge < -0.3 is 5.32 Å². The summed E-state index contributed by atoms with van der Waals surface area (Å²) >= 11 is 3.12. The molecule has 1 atom stereocenters. The fraction of sp³-hybridized carbons (Fsp3) is 0.312. The second kappa shape index (κ2) is 7.81. The van der Waals surface area contributed by atoms with E-state index >= 15 is 0 Å². The van der Waals surface area contributed by atoms with E-state index in [1.807, 2.05) is 6.92 Å². The molecule has 1 heterocycles. The molecule has 0 bridgehead atoms. The molecule has 0 spiro atoms. The first-order valence-electron chi connectivity index (χ1n) is 7.47. The maximum absolute atomic E-state index is 13.3. The maximum Gasteiger partial charge on any atom is 0.416 e. The van der Waals surface area contributed by atoms with E-state index in [4.69, 9.17) is 0 Å². The quantitative estimate of drug-likeness (QED) is 0.370. The molecule has 134 valence electrons. The van der Waals surface area contributed by atoms with Gasteiger partial charge in [-0.2, -0.15) is 13.2 Å². The van der Waals surface area contributed by atoms with Gasteiger partial charge in [0, 0.05) is 6.07 Å². The molecule has 1 aromatic carbocycles. The lowest BCUT2D eigenvalue weighted by Crippen LogP contribution is -2.18. The lowest BCUT2D eigenvalue weighted by atomic mass is 9.96. The average molecular weight is 418 g/mol. The van der Waals surface area contributed by atoms with Crippen LogP contribution in [0, 0.1) is 10.1 Å². The van der Waals surface area contributed by atoms with Crippen LogP contribution in [0.4, 0.5) is 24.7 Å². The van der Waals surface area contributed by atoms with Crippen molar-refractivity contribution in [3.05, 3.63) is 62.2 Å². The Hall–Kier alpha value is -2.16. The second-order valence-electron chi connectivity index (χ2n) is 5.33. The summed E-state index contributed by atoms with van der Waals surface area (Å²) in [6.45, 7) is 1.83. The van der Waals surface area contributed by atoms with Gasteiger partial charge in [-0.15, -0.1) is 0 Å². The lowest BCUT2D eigenvalue weighted by molar-refractivity contribution is -0.384. The Morgan fingerprint density at radius 2 is 1.96 bits per heavy atom. The van der Waals surface area contributed by atoms with E-state index in [0.717, 1.165) is 6.07 Å².